The number of piperidine rings is 1. The van der Waals surface area contributed by atoms with E-state index in [1.807, 2.05) is 0 Å². The van der Waals surface area contributed by atoms with Crippen LogP contribution in [0.1, 0.15) is 33.6 Å². The maximum atomic E-state index is 6.00. The average molecular weight is 168 g/mol. The van der Waals surface area contributed by atoms with Gasteiger partial charge in [-0.3, -0.25) is 4.90 Å². The van der Waals surface area contributed by atoms with E-state index in [2.05, 4.69) is 25.7 Å². The van der Waals surface area contributed by atoms with Crippen LogP contribution in [0, 0.1) is 5.92 Å². The van der Waals surface area contributed by atoms with E-state index in [0.717, 1.165) is 12.0 Å². The van der Waals surface area contributed by atoms with Crippen molar-refractivity contribution in [2.75, 3.05) is 6.54 Å². The molecule has 1 heterocycles. The third-order valence-electron chi connectivity index (χ3n) is 3.46. The van der Waals surface area contributed by atoms with Crippen molar-refractivity contribution in [3.05, 3.63) is 0 Å². The third-order valence-corrected chi connectivity index (χ3v) is 3.46. The Morgan fingerprint density at radius 3 is 2.25 bits per heavy atom. The van der Waals surface area contributed by atoms with Crippen LogP contribution in [0.5, 0.6) is 0 Å². The summed E-state index contributed by atoms with van der Waals surface area (Å²) < 4.78 is 0. The second-order valence-corrected chi connectivity index (χ2v) is 5.37. The van der Waals surface area contributed by atoms with Crippen LogP contribution in [-0.4, -0.2) is 29.1 Å². The highest BCUT2D eigenvalue weighted by molar-refractivity contribution is 5.02. The lowest BCUT2D eigenvalue weighted by atomic mass is 9.98. The molecule has 2 rings (SSSR count). The Kier molecular flexibility index (Phi) is 1.74. The Bertz CT molecular complexity index is 181. The molecule has 1 aliphatic heterocycles. The van der Waals surface area contributed by atoms with Crippen molar-refractivity contribution >= 4 is 0 Å². The van der Waals surface area contributed by atoms with Gasteiger partial charge in [0.2, 0.25) is 0 Å². The molecule has 2 bridgehead atoms. The van der Waals surface area contributed by atoms with Crippen LogP contribution in [0.2, 0.25) is 0 Å². The summed E-state index contributed by atoms with van der Waals surface area (Å²) in [5, 5.41) is 0. The minimum absolute atomic E-state index is 0.347. The first-order valence-electron chi connectivity index (χ1n) is 5.01. The zero-order chi connectivity index (χ0) is 8.93. The maximum absolute atomic E-state index is 6.00. The molecule has 2 fully saturated rings. The Morgan fingerprint density at radius 2 is 1.92 bits per heavy atom. The van der Waals surface area contributed by atoms with Gasteiger partial charge < -0.3 is 5.73 Å². The Balaban J connectivity index is 2.08. The van der Waals surface area contributed by atoms with E-state index >= 15 is 0 Å². The van der Waals surface area contributed by atoms with Crippen molar-refractivity contribution < 1.29 is 0 Å². The molecule has 70 valence electrons. The quantitative estimate of drug-likeness (QED) is 0.589. The monoisotopic (exact) mass is 168 g/mol. The first-order chi connectivity index (χ1) is 5.48. The minimum atomic E-state index is 0.347. The maximum Gasteiger partial charge on any atom is 0.0128 e. The number of likely N-dealkylation sites (tertiary alicyclic amines) is 1. The van der Waals surface area contributed by atoms with Gasteiger partial charge in [0.1, 0.15) is 0 Å². The van der Waals surface area contributed by atoms with Crippen molar-refractivity contribution in [3.63, 3.8) is 0 Å². The number of hydrogen-bond acceptors (Lipinski definition) is 2. The Morgan fingerprint density at radius 1 is 1.25 bits per heavy atom. The molecule has 2 heteroatoms. The SMILES string of the molecule is CC(C)(C)N1C[C@H]2C[C@@H]1CC2N. The van der Waals surface area contributed by atoms with E-state index in [9.17, 15) is 0 Å². The van der Waals surface area contributed by atoms with Crippen LogP contribution in [0.4, 0.5) is 0 Å². The second kappa shape index (κ2) is 2.46. The fourth-order valence-corrected chi connectivity index (χ4v) is 2.81. The van der Waals surface area contributed by atoms with Gasteiger partial charge in [0.15, 0.2) is 0 Å². The number of rotatable bonds is 0. The summed E-state index contributed by atoms with van der Waals surface area (Å²) >= 11 is 0. The molecule has 0 aromatic rings. The average Bonchev–Trinajstić information content (AvgIpc) is 2.41. The molecule has 0 aromatic carbocycles. The summed E-state index contributed by atoms with van der Waals surface area (Å²) in [5.74, 6) is 0.786. The molecule has 2 nitrogen and oxygen atoms in total. The van der Waals surface area contributed by atoms with Crippen LogP contribution in [0.3, 0.4) is 0 Å². The molecular formula is C10H20N2. The van der Waals surface area contributed by atoms with E-state index in [-0.39, 0.29) is 0 Å². The van der Waals surface area contributed by atoms with Crippen molar-refractivity contribution in [2.24, 2.45) is 11.7 Å². The molecular weight excluding hydrogens is 148 g/mol. The fourth-order valence-electron chi connectivity index (χ4n) is 2.81. The van der Waals surface area contributed by atoms with E-state index in [4.69, 9.17) is 5.73 Å². The summed E-state index contributed by atoms with van der Waals surface area (Å²) in [7, 11) is 0. The van der Waals surface area contributed by atoms with Crippen LogP contribution < -0.4 is 5.73 Å². The summed E-state index contributed by atoms with van der Waals surface area (Å²) in [4.78, 5) is 2.63. The van der Waals surface area contributed by atoms with Gasteiger partial charge in [0.25, 0.3) is 0 Å². The molecule has 0 radical (unpaired) electrons. The van der Waals surface area contributed by atoms with Crippen LogP contribution in [-0.2, 0) is 0 Å². The molecule has 1 saturated heterocycles. The topological polar surface area (TPSA) is 29.3 Å². The van der Waals surface area contributed by atoms with Gasteiger partial charge in [-0.25, -0.2) is 0 Å². The van der Waals surface area contributed by atoms with E-state index in [0.29, 0.717) is 11.6 Å². The zero-order valence-corrected chi connectivity index (χ0v) is 8.38. The van der Waals surface area contributed by atoms with Gasteiger partial charge in [-0.1, -0.05) is 0 Å². The Hall–Kier alpha value is -0.0800. The highest BCUT2D eigenvalue weighted by Crippen LogP contribution is 2.40. The van der Waals surface area contributed by atoms with E-state index < -0.39 is 0 Å². The predicted molar refractivity (Wildman–Crippen MR) is 50.9 cm³/mol. The first kappa shape index (κ1) is 8.52. The largest absolute Gasteiger partial charge is 0.327 e. The summed E-state index contributed by atoms with van der Waals surface area (Å²) in [6.45, 7) is 8.15. The van der Waals surface area contributed by atoms with Gasteiger partial charge in [-0.2, -0.15) is 0 Å². The van der Waals surface area contributed by atoms with Crippen LogP contribution in [0.25, 0.3) is 0 Å². The van der Waals surface area contributed by atoms with Crippen LogP contribution >= 0.6 is 0 Å². The number of nitrogens with two attached hydrogens (primary N) is 1. The lowest BCUT2D eigenvalue weighted by Gasteiger charge is -2.40. The molecule has 0 aromatic heterocycles. The molecule has 0 amide bonds. The summed E-state index contributed by atoms with van der Waals surface area (Å²) in [6, 6.07) is 1.28. The molecule has 2 aliphatic rings. The normalized spacial score (nSPS) is 42.5. The van der Waals surface area contributed by atoms with Gasteiger partial charge in [0, 0.05) is 24.2 Å². The standard InChI is InChI=1S/C10H20N2/c1-10(2,3)12-6-7-4-8(12)5-9(7)11/h7-9H,4-6,11H2,1-3H3/t7-,8-,9?/m1/s1. The second-order valence-electron chi connectivity index (χ2n) is 5.37. The molecule has 2 N–H and O–H groups in total. The highest BCUT2D eigenvalue weighted by Gasteiger charge is 2.46. The van der Waals surface area contributed by atoms with E-state index in [1.54, 1.807) is 0 Å². The van der Waals surface area contributed by atoms with Gasteiger partial charge in [-0.05, 0) is 39.5 Å². The Labute approximate surface area is 75.1 Å². The smallest absolute Gasteiger partial charge is 0.0128 e. The lowest BCUT2D eigenvalue weighted by Crippen LogP contribution is -2.50. The van der Waals surface area contributed by atoms with Crippen molar-refractivity contribution in [1.82, 2.24) is 4.90 Å². The minimum Gasteiger partial charge on any atom is -0.327 e. The molecule has 1 aliphatic carbocycles. The summed E-state index contributed by atoms with van der Waals surface area (Å²) in [5.41, 5.74) is 6.35. The first-order valence-corrected chi connectivity index (χ1v) is 5.01. The number of hydrogen-bond donors (Lipinski definition) is 1. The molecule has 3 atom stereocenters. The van der Waals surface area contributed by atoms with E-state index in [1.165, 1.54) is 19.4 Å². The number of nitrogens with zero attached hydrogens (tertiary/aromatic N) is 1. The zero-order valence-electron chi connectivity index (χ0n) is 8.38. The highest BCUT2D eigenvalue weighted by atomic mass is 15.3. The fraction of sp³-hybridized carbons (Fsp3) is 1.00. The van der Waals surface area contributed by atoms with Crippen LogP contribution in [0.15, 0.2) is 0 Å². The summed E-state index contributed by atoms with van der Waals surface area (Å²) in [6.07, 6.45) is 2.57. The third kappa shape index (κ3) is 1.17. The molecule has 1 saturated carbocycles. The molecule has 12 heavy (non-hydrogen) atoms. The molecule has 1 unspecified atom stereocenters. The van der Waals surface area contributed by atoms with Gasteiger partial charge >= 0.3 is 0 Å². The van der Waals surface area contributed by atoms with Gasteiger partial charge in [-0.15, -0.1) is 0 Å². The predicted octanol–water partition coefficient (Wildman–Crippen LogP) is 1.21. The van der Waals surface area contributed by atoms with Gasteiger partial charge in [0.05, 0.1) is 0 Å². The number of fused-ring (bicyclic) bond motifs is 2. The van der Waals surface area contributed by atoms with Crippen molar-refractivity contribution in [2.45, 2.75) is 51.2 Å². The molecule has 0 spiro atoms. The van der Waals surface area contributed by atoms with Crippen molar-refractivity contribution in [1.29, 1.82) is 0 Å². The van der Waals surface area contributed by atoms with Crippen molar-refractivity contribution in [3.8, 4) is 0 Å². The lowest BCUT2D eigenvalue weighted by molar-refractivity contribution is 0.0912.